The molecule has 12 heteroatoms. The van der Waals surface area contributed by atoms with Gasteiger partial charge in [-0.15, -0.1) is 0 Å². The van der Waals surface area contributed by atoms with Crippen molar-refractivity contribution in [1.82, 2.24) is 24.7 Å². The Hall–Kier alpha value is -3.76. The molecule has 0 aliphatic rings. The maximum atomic E-state index is 10.7. The molecule has 162 valence electrons. The van der Waals surface area contributed by atoms with E-state index in [9.17, 15) is 10.1 Å². The van der Waals surface area contributed by atoms with Crippen LogP contribution in [0.2, 0.25) is 10.0 Å². The van der Waals surface area contributed by atoms with Crippen LogP contribution in [-0.2, 0) is 0 Å². The molecule has 4 rings (SSSR count). The number of aromatic nitrogens is 5. The summed E-state index contributed by atoms with van der Waals surface area (Å²) in [5, 5.41) is 22.2. The molecular formula is C20H16Cl2N8O2. The van der Waals surface area contributed by atoms with E-state index in [1.54, 1.807) is 53.6 Å². The third kappa shape index (κ3) is 4.93. The summed E-state index contributed by atoms with van der Waals surface area (Å²) in [4.78, 5) is 23.2. The van der Waals surface area contributed by atoms with Crippen LogP contribution in [0.4, 0.5) is 17.5 Å². The van der Waals surface area contributed by atoms with Gasteiger partial charge in [0, 0.05) is 42.1 Å². The van der Waals surface area contributed by atoms with Crippen molar-refractivity contribution in [2.24, 2.45) is 0 Å². The number of pyridine rings is 1. The van der Waals surface area contributed by atoms with Crippen LogP contribution in [0.15, 0.2) is 61.2 Å². The van der Waals surface area contributed by atoms with E-state index >= 15 is 0 Å². The second kappa shape index (κ2) is 9.58. The first-order valence-corrected chi connectivity index (χ1v) is 10.2. The molecule has 1 aromatic carbocycles. The fraction of sp³-hybridized carbons (Fsp3) is 0.100. The van der Waals surface area contributed by atoms with E-state index < -0.39 is 4.92 Å². The Kier molecular flexibility index (Phi) is 6.43. The summed E-state index contributed by atoms with van der Waals surface area (Å²) in [6, 6.07) is 9.94. The lowest BCUT2D eigenvalue weighted by Crippen LogP contribution is -2.16. The molecule has 0 spiro atoms. The van der Waals surface area contributed by atoms with E-state index in [2.05, 4.69) is 30.7 Å². The standard InChI is InChI=1S/C20H16Cl2N8O2/c21-13-2-4-15(16(22)10-13)19-17(29-9-1-6-27-29)12-26-20(28-19)24-8-7-23-18-5-3-14(11-25-18)30(31)32/h1-6,9-12H,7-8H2,(H,23,25)(H,24,26,28). The van der Waals surface area contributed by atoms with E-state index in [1.165, 1.54) is 12.3 Å². The molecule has 0 saturated carbocycles. The molecule has 0 radical (unpaired) electrons. The van der Waals surface area contributed by atoms with Crippen LogP contribution >= 0.6 is 23.2 Å². The normalized spacial score (nSPS) is 10.7. The average Bonchev–Trinajstić information content (AvgIpc) is 3.32. The molecule has 0 amide bonds. The highest BCUT2D eigenvalue weighted by Crippen LogP contribution is 2.33. The Labute approximate surface area is 192 Å². The summed E-state index contributed by atoms with van der Waals surface area (Å²) in [5.74, 6) is 0.932. The van der Waals surface area contributed by atoms with Crippen molar-refractivity contribution in [2.45, 2.75) is 0 Å². The number of halogens is 2. The first-order chi connectivity index (χ1) is 15.5. The second-order valence-electron chi connectivity index (χ2n) is 6.51. The Morgan fingerprint density at radius 3 is 2.59 bits per heavy atom. The van der Waals surface area contributed by atoms with E-state index in [0.717, 1.165) is 0 Å². The first-order valence-electron chi connectivity index (χ1n) is 9.42. The monoisotopic (exact) mass is 470 g/mol. The van der Waals surface area contributed by atoms with Crippen LogP contribution in [0.1, 0.15) is 0 Å². The molecule has 0 unspecified atom stereocenters. The third-order valence-electron chi connectivity index (χ3n) is 4.38. The van der Waals surface area contributed by atoms with Gasteiger partial charge in [0.2, 0.25) is 5.95 Å². The zero-order chi connectivity index (χ0) is 22.5. The maximum Gasteiger partial charge on any atom is 0.287 e. The van der Waals surface area contributed by atoms with Gasteiger partial charge in [-0.25, -0.2) is 19.6 Å². The fourth-order valence-corrected chi connectivity index (χ4v) is 3.38. The van der Waals surface area contributed by atoms with Crippen LogP contribution < -0.4 is 10.6 Å². The molecule has 3 aromatic heterocycles. The molecule has 0 aliphatic carbocycles. The molecule has 3 heterocycles. The van der Waals surface area contributed by atoms with Gasteiger partial charge in [0.25, 0.3) is 5.69 Å². The van der Waals surface area contributed by atoms with Crippen molar-refractivity contribution in [3.63, 3.8) is 0 Å². The molecule has 0 bridgehead atoms. The average molecular weight is 471 g/mol. The summed E-state index contributed by atoms with van der Waals surface area (Å²) >= 11 is 12.5. The van der Waals surface area contributed by atoms with Crippen LogP contribution in [0.25, 0.3) is 16.9 Å². The van der Waals surface area contributed by atoms with Crippen LogP contribution in [0, 0.1) is 10.1 Å². The topological polar surface area (TPSA) is 124 Å². The van der Waals surface area contributed by atoms with E-state index in [-0.39, 0.29) is 5.69 Å². The number of hydrogen-bond donors (Lipinski definition) is 2. The Balaban J connectivity index is 1.49. The van der Waals surface area contributed by atoms with Gasteiger partial charge in [-0.3, -0.25) is 10.1 Å². The fourth-order valence-electron chi connectivity index (χ4n) is 2.88. The van der Waals surface area contributed by atoms with Crippen LogP contribution in [-0.4, -0.2) is 42.7 Å². The third-order valence-corrected chi connectivity index (χ3v) is 4.93. The zero-order valence-corrected chi connectivity index (χ0v) is 18.0. The summed E-state index contributed by atoms with van der Waals surface area (Å²) in [6.07, 6.45) is 6.32. The van der Waals surface area contributed by atoms with Crippen molar-refractivity contribution in [3.8, 4) is 16.9 Å². The maximum absolute atomic E-state index is 10.7. The number of anilines is 2. The van der Waals surface area contributed by atoms with Crippen molar-refractivity contribution in [1.29, 1.82) is 0 Å². The quantitative estimate of drug-likeness (QED) is 0.219. The number of hydrogen-bond acceptors (Lipinski definition) is 8. The largest absolute Gasteiger partial charge is 0.368 e. The lowest BCUT2D eigenvalue weighted by molar-refractivity contribution is -0.385. The van der Waals surface area contributed by atoms with Crippen LogP contribution in [0.3, 0.4) is 0 Å². The number of benzene rings is 1. The Bertz CT molecular complexity index is 1230. The number of nitrogens with zero attached hydrogens (tertiary/aromatic N) is 6. The van der Waals surface area contributed by atoms with Crippen molar-refractivity contribution >= 4 is 40.7 Å². The molecule has 0 saturated heterocycles. The highest BCUT2D eigenvalue weighted by molar-refractivity contribution is 6.36. The molecule has 2 N–H and O–H groups in total. The number of nitro groups is 1. The van der Waals surface area contributed by atoms with E-state index in [4.69, 9.17) is 23.2 Å². The van der Waals surface area contributed by atoms with Crippen molar-refractivity contribution < 1.29 is 4.92 Å². The Morgan fingerprint density at radius 1 is 1.06 bits per heavy atom. The molecule has 0 aliphatic heterocycles. The van der Waals surface area contributed by atoms with Gasteiger partial charge in [0.05, 0.1) is 16.1 Å². The smallest absolute Gasteiger partial charge is 0.287 e. The zero-order valence-electron chi connectivity index (χ0n) is 16.4. The van der Waals surface area contributed by atoms with Crippen molar-refractivity contribution in [2.75, 3.05) is 23.7 Å². The van der Waals surface area contributed by atoms with Gasteiger partial charge in [0.15, 0.2) is 0 Å². The van der Waals surface area contributed by atoms with E-state index in [1.807, 2.05) is 0 Å². The minimum atomic E-state index is -0.493. The molecule has 0 fully saturated rings. The van der Waals surface area contributed by atoms with Gasteiger partial charge < -0.3 is 10.6 Å². The lowest BCUT2D eigenvalue weighted by Gasteiger charge is -2.13. The summed E-state index contributed by atoms with van der Waals surface area (Å²) in [5.41, 5.74) is 1.89. The molecule has 4 aromatic rings. The van der Waals surface area contributed by atoms with Gasteiger partial charge in [0.1, 0.15) is 23.4 Å². The minimum absolute atomic E-state index is 0.0623. The molecule has 32 heavy (non-hydrogen) atoms. The second-order valence-corrected chi connectivity index (χ2v) is 7.36. The summed E-state index contributed by atoms with van der Waals surface area (Å²) in [6.45, 7) is 0.972. The van der Waals surface area contributed by atoms with Crippen LogP contribution in [0.5, 0.6) is 0 Å². The highest BCUT2D eigenvalue weighted by Gasteiger charge is 2.15. The van der Waals surface area contributed by atoms with Gasteiger partial charge >= 0.3 is 0 Å². The highest BCUT2D eigenvalue weighted by atomic mass is 35.5. The number of rotatable bonds is 8. The molecular weight excluding hydrogens is 455 g/mol. The predicted octanol–water partition coefficient (Wildman–Crippen LogP) is 4.46. The van der Waals surface area contributed by atoms with Crippen molar-refractivity contribution in [3.05, 3.63) is 81.3 Å². The SMILES string of the molecule is O=[N+]([O-])c1ccc(NCCNc2ncc(-n3cccn3)c(-c3ccc(Cl)cc3Cl)n2)nc1. The number of nitrogens with one attached hydrogen (secondary N) is 2. The van der Waals surface area contributed by atoms with Gasteiger partial charge in [-0.2, -0.15) is 5.10 Å². The van der Waals surface area contributed by atoms with E-state index in [0.29, 0.717) is 51.8 Å². The first kappa shape index (κ1) is 21.5. The predicted molar refractivity (Wildman–Crippen MR) is 122 cm³/mol. The molecule has 10 nitrogen and oxygen atoms in total. The van der Waals surface area contributed by atoms with Gasteiger partial charge in [-0.1, -0.05) is 23.2 Å². The van der Waals surface area contributed by atoms with Gasteiger partial charge in [-0.05, 0) is 30.3 Å². The lowest BCUT2D eigenvalue weighted by atomic mass is 10.1. The Morgan fingerprint density at radius 2 is 1.91 bits per heavy atom. The minimum Gasteiger partial charge on any atom is -0.368 e. The molecule has 0 atom stereocenters. The summed E-state index contributed by atoms with van der Waals surface area (Å²) in [7, 11) is 0. The summed E-state index contributed by atoms with van der Waals surface area (Å²) < 4.78 is 1.66.